The summed E-state index contributed by atoms with van der Waals surface area (Å²) >= 11 is 0. The summed E-state index contributed by atoms with van der Waals surface area (Å²) in [4.78, 5) is 2.49. The molecule has 1 aromatic carbocycles. The van der Waals surface area contributed by atoms with Crippen LogP contribution in [0.15, 0.2) is 30.3 Å². The fourth-order valence-electron chi connectivity index (χ4n) is 3.70. The highest BCUT2D eigenvalue weighted by molar-refractivity contribution is 5.18. The molecule has 3 rings (SSSR count). The fraction of sp³-hybridized carbons (Fsp3) is 0.625. The van der Waals surface area contributed by atoms with Crippen molar-refractivity contribution in [3.8, 4) is 0 Å². The molecule has 1 saturated heterocycles. The normalized spacial score (nSPS) is 32.4. The van der Waals surface area contributed by atoms with Gasteiger partial charge in [0, 0.05) is 25.0 Å². The van der Waals surface area contributed by atoms with Gasteiger partial charge in [-0.25, -0.2) is 0 Å². The summed E-state index contributed by atoms with van der Waals surface area (Å²) in [6, 6.07) is 10.5. The van der Waals surface area contributed by atoms with Crippen molar-refractivity contribution < 1.29 is 5.11 Å². The molecule has 2 fully saturated rings. The Kier molecular flexibility index (Phi) is 3.87. The van der Waals surface area contributed by atoms with Crippen molar-refractivity contribution in [2.45, 2.75) is 31.4 Å². The second kappa shape index (κ2) is 5.61. The third-order valence-electron chi connectivity index (χ3n) is 4.88. The zero-order chi connectivity index (χ0) is 13.2. The van der Waals surface area contributed by atoms with E-state index < -0.39 is 0 Å². The number of benzene rings is 1. The predicted molar refractivity (Wildman–Crippen MR) is 76.6 cm³/mol. The molecule has 4 atom stereocenters. The van der Waals surface area contributed by atoms with Gasteiger partial charge in [-0.05, 0) is 37.3 Å². The van der Waals surface area contributed by atoms with Gasteiger partial charge in [-0.15, -0.1) is 0 Å². The molecule has 0 radical (unpaired) electrons. The van der Waals surface area contributed by atoms with Crippen LogP contribution < -0.4 is 5.73 Å². The number of nitrogens with two attached hydrogens (primary N) is 1. The molecule has 1 heterocycles. The monoisotopic (exact) mass is 260 g/mol. The number of fused-ring (bicyclic) bond motifs is 1. The fourth-order valence-corrected chi connectivity index (χ4v) is 3.70. The van der Waals surface area contributed by atoms with Gasteiger partial charge in [-0.2, -0.15) is 0 Å². The highest BCUT2D eigenvalue weighted by atomic mass is 16.3. The van der Waals surface area contributed by atoms with Crippen LogP contribution >= 0.6 is 0 Å². The number of hydrogen-bond donors (Lipinski definition) is 2. The Morgan fingerprint density at radius 1 is 1.21 bits per heavy atom. The molecule has 0 spiro atoms. The van der Waals surface area contributed by atoms with Crippen molar-refractivity contribution in [3.05, 3.63) is 35.9 Å². The number of aliphatic hydroxyl groups excluding tert-OH is 1. The Balaban J connectivity index is 1.49. The van der Waals surface area contributed by atoms with Crippen molar-refractivity contribution in [2.24, 2.45) is 17.6 Å². The van der Waals surface area contributed by atoms with E-state index in [-0.39, 0.29) is 12.1 Å². The minimum Gasteiger partial charge on any atom is -0.393 e. The van der Waals surface area contributed by atoms with Crippen LogP contribution in [-0.4, -0.2) is 35.7 Å². The van der Waals surface area contributed by atoms with Crippen LogP contribution in [0.25, 0.3) is 0 Å². The first-order valence-corrected chi connectivity index (χ1v) is 7.45. The minimum atomic E-state index is -0.0576. The average molecular weight is 260 g/mol. The first-order chi connectivity index (χ1) is 9.24. The zero-order valence-corrected chi connectivity index (χ0v) is 11.4. The number of likely N-dealkylation sites (tertiary alicyclic amines) is 1. The van der Waals surface area contributed by atoms with Gasteiger partial charge in [-0.3, -0.25) is 0 Å². The van der Waals surface area contributed by atoms with E-state index in [0.717, 1.165) is 38.4 Å². The van der Waals surface area contributed by atoms with Crippen molar-refractivity contribution in [1.29, 1.82) is 0 Å². The Hall–Kier alpha value is -0.900. The lowest BCUT2D eigenvalue weighted by molar-refractivity contribution is 0.124. The van der Waals surface area contributed by atoms with Crippen LogP contribution in [0.3, 0.4) is 0 Å². The standard InChI is InChI=1S/C16H24N2O/c17-15(12-4-2-1-3-5-12)8-9-18-10-13-6-7-16(19)14(13)11-18/h1-5,13-16,19H,6-11,17H2. The van der Waals surface area contributed by atoms with Crippen molar-refractivity contribution in [3.63, 3.8) is 0 Å². The van der Waals surface area contributed by atoms with Gasteiger partial charge in [0.25, 0.3) is 0 Å². The highest BCUT2D eigenvalue weighted by Gasteiger charge is 2.41. The third kappa shape index (κ3) is 2.83. The lowest BCUT2D eigenvalue weighted by atomic mass is 10.00. The number of aliphatic hydroxyl groups is 1. The SMILES string of the molecule is NC(CCN1CC2CCC(O)C2C1)c1ccccc1. The largest absolute Gasteiger partial charge is 0.393 e. The summed E-state index contributed by atoms with van der Waals surface area (Å²) in [5, 5.41) is 9.92. The van der Waals surface area contributed by atoms with Gasteiger partial charge >= 0.3 is 0 Å². The first-order valence-electron chi connectivity index (χ1n) is 7.45. The van der Waals surface area contributed by atoms with Crippen LogP contribution in [-0.2, 0) is 0 Å². The molecule has 1 saturated carbocycles. The van der Waals surface area contributed by atoms with E-state index in [1.807, 2.05) is 18.2 Å². The van der Waals surface area contributed by atoms with Crippen LogP contribution in [0, 0.1) is 11.8 Å². The molecule has 3 N–H and O–H groups in total. The topological polar surface area (TPSA) is 49.5 Å². The van der Waals surface area contributed by atoms with Crippen LogP contribution in [0.2, 0.25) is 0 Å². The van der Waals surface area contributed by atoms with E-state index in [0.29, 0.717) is 5.92 Å². The lowest BCUT2D eigenvalue weighted by Crippen LogP contribution is -2.28. The molecule has 0 bridgehead atoms. The van der Waals surface area contributed by atoms with Gasteiger partial charge in [0.15, 0.2) is 0 Å². The molecular formula is C16H24N2O. The highest BCUT2D eigenvalue weighted by Crippen LogP contribution is 2.38. The van der Waals surface area contributed by atoms with E-state index >= 15 is 0 Å². The number of hydrogen-bond acceptors (Lipinski definition) is 3. The van der Waals surface area contributed by atoms with Crippen molar-refractivity contribution in [1.82, 2.24) is 4.90 Å². The molecule has 19 heavy (non-hydrogen) atoms. The summed E-state index contributed by atoms with van der Waals surface area (Å²) in [5.74, 6) is 1.25. The van der Waals surface area contributed by atoms with E-state index in [2.05, 4.69) is 17.0 Å². The molecule has 0 amide bonds. The predicted octanol–water partition coefficient (Wildman–Crippen LogP) is 1.78. The Bertz CT molecular complexity index is 408. The first kappa shape index (κ1) is 13.1. The maximum absolute atomic E-state index is 9.92. The average Bonchev–Trinajstić information content (AvgIpc) is 2.99. The zero-order valence-electron chi connectivity index (χ0n) is 11.4. The van der Waals surface area contributed by atoms with Crippen molar-refractivity contribution >= 4 is 0 Å². The summed E-state index contributed by atoms with van der Waals surface area (Å²) in [6.07, 6.45) is 3.15. The lowest BCUT2D eigenvalue weighted by Gasteiger charge is -2.20. The number of nitrogens with zero attached hydrogens (tertiary/aromatic N) is 1. The molecule has 3 heteroatoms. The second-order valence-electron chi connectivity index (χ2n) is 6.13. The summed E-state index contributed by atoms with van der Waals surface area (Å²) in [6.45, 7) is 3.27. The minimum absolute atomic E-state index is 0.0576. The van der Waals surface area contributed by atoms with Crippen LogP contribution in [0.1, 0.15) is 30.9 Å². The van der Waals surface area contributed by atoms with Gasteiger partial charge in [0.05, 0.1) is 6.10 Å². The molecule has 4 unspecified atom stereocenters. The Labute approximate surface area is 115 Å². The van der Waals surface area contributed by atoms with E-state index in [9.17, 15) is 5.11 Å². The van der Waals surface area contributed by atoms with Crippen molar-refractivity contribution in [2.75, 3.05) is 19.6 Å². The maximum atomic E-state index is 9.92. The Morgan fingerprint density at radius 2 is 2.00 bits per heavy atom. The quantitative estimate of drug-likeness (QED) is 0.867. The summed E-state index contributed by atoms with van der Waals surface area (Å²) in [7, 11) is 0. The third-order valence-corrected chi connectivity index (χ3v) is 4.88. The molecule has 3 nitrogen and oxygen atoms in total. The van der Waals surface area contributed by atoms with Gasteiger partial charge < -0.3 is 15.7 Å². The number of rotatable bonds is 4. The van der Waals surface area contributed by atoms with Crippen LogP contribution in [0.5, 0.6) is 0 Å². The Morgan fingerprint density at radius 3 is 2.74 bits per heavy atom. The molecule has 1 aliphatic heterocycles. The second-order valence-corrected chi connectivity index (χ2v) is 6.13. The summed E-state index contributed by atoms with van der Waals surface area (Å²) < 4.78 is 0. The molecule has 0 aromatic heterocycles. The van der Waals surface area contributed by atoms with Gasteiger partial charge in [-0.1, -0.05) is 30.3 Å². The van der Waals surface area contributed by atoms with E-state index in [1.54, 1.807) is 0 Å². The molecule has 1 aliphatic carbocycles. The summed E-state index contributed by atoms with van der Waals surface area (Å²) in [5.41, 5.74) is 7.46. The van der Waals surface area contributed by atoms with Crippen LogP contribution in [0.4, 0.5) is 0 Å². The van der Waals surface area contributed by atoms with E-state index in [4.69, 9.17) is 5.73 Å². The van der Waals surface area contributed by atoms with E-state index in [1.165, 1.54) is 12.0 Å². The molecular weight excluding hydrogens is 236 g/mol. The smallest absolute Gasteiger partial charge is 0.0583 e. The molecule has 2 aliphatic rings. The van der Waals surface area contributed by atoms with Gasteiger partial charge in [0.1, 0.15) is 0 Å². The maximum Gasteiger partial charge on any atom is 0.0583 e. The molecule has 1 aromatic rings. The van der Waals surface area contributed by atoms with Gasteiger partial charge in [0.2, 0.25) is 0 Å². The molecule has 104 valence electrons.